The third kappa shape index (κ3) is 4.15. The van der Waals surface area contributed by atoms with E-state index in [4.69, 9.17) is 9.47 Å². The number of ether oxygens (including phenoxy) is 2. The summed E-state index contributed by atoms with van der Waals surface area (Å²) in [4.78, 5) is 39.9. The van der Waals surface area contributed by atoms with E-state index >= 15 is 0 Å². The van der Waals surface area contributed by atoms with Gasteiger partial charge in [-0.3, -0.25) is 9.59 Å². The first-order chi connectivity index (χ1) is 14.6. The van der Waals surface area contributed by atoms with Crippen molar-refractivity contribution in [1.82, 2.24) is 15.5 Å². The highest BCUT2D eigenvalue weighted by Crippen LogP contribution is 2.33. The maximum Gasteiger partial charge on any atom is 0.318 e. The standard InChI is InChI=1S/C21H28N4O5/c1-2-22-21(28)25-15-6-4-3-5-14(15)24-20(27)16(25)12-19(26)23-13-7-8-17-18(11-13)30-10-9-29-17/h7-8,11,14-16H,2-6,9-10,12H2,1H3,(H,22,28)(H,23,26)(H,24,27)/t14-,15+,16-/m0/s1. The van der Waals surface area contributed by atoms with Crippen LogP contribution in [-0.4, -0.2) is 60.6 Å². The van der Waals surface area contributed by atoms with Gasteiger partial charge in [0.25, 0.3) is 0 Å². The fraction of sp³-hybridized carbons (Fsp3) is 0.571. The van der Waals surface area contributed by atoms with Crippen LogP contribution in [0.15, 0.2) is 18.2 Å². The highest BCUT2D eigenvalue weighted by atomic mass is 16.6. The zero-order valence-electron chi connectivity index (χ0n) is 17.1. The van der Waals surface area contributed by atoms with E-state index in [1.54, 1.807) is 23.1 Å². The molecule has 0 radical (unpaired) electrons. The molecule has 3 N–H and O–H groups in total. The molecule has 0 unspecified atom stereocenters. The molecule has 1 aromatic carbocycles. The Labute approximate surface area is 175 Å². The molecule has 30 heavy (non-hydrogen) atoms. The fourth-order valence-electron chi connectivity index (χ4n) is 4.48. The van der Waals surface area contributed by atoms with Crippen LogP contribution < -0.4 is 25.4 Å². The van der Waals surface area contributed by atoms with Gasteiger partial charge in [-0.1, -0.05) is 12.8 Å². The van der Waals surface area contributed by atoms with E-state index < -0.39 is 6.04 Å². The van der Waals surface area contributed by atoms with Crippen molar-refractivity contribution in [1.29, 1.82) is 0 Å². The molecule has 3 atom stereocenters. The van der Waals surface area contributed by atoms with E-state index in [0.29, 0.717) is 36.9 Å². The molecule has 1 aromatic rings. The number of nitrogens with one attached hydrogen (secondary N) is 3. The van der Waals surface area contributed by atoms with Crippen molar-refractivity contribution >= 4 is 23.5 Å². The van der Waals surface area contributed by atoms with Crippen LogP contribution in [0.3, 0.4) is 0 Å². The van der Waals surface area contributed by atoms with Crippen LogP contribution >= 0.6 is 0 Å². The summed E-state index contributed by atoms with van der Waals surface area (Å²) in [6, 6.07) is 3.90. The van der Waals surface area contributed by atoms with Gasteiger partial charge in [0.05, 0.1) is 12.5 Å². The highest BCUT2D eigenvalue weighted by molar-refractivity contribution is 5.97. The number of carbonyl (C=O) groups excluding carboxylic acids is 3. The van der Waals surface area contributed by atoms with Gasteiger partial charge >= 0.3 is 6.03 Å². The third-order valence-corrected chi connectivity index (χ3v) is 5.82. The zero-order valence-corrected chi connectivity index (χ0v) is 17.1. The summed E-state index contributed by atoms with van der Waals surface area (Å²) >= 11 is 0. The molecule has 0 aromatic heterocycles. The number of anilines is 1. The molecular formula is C21H28N4O5. The van der Waals surface area contributed by atoms with Gasteiger partial charge in [0.2, 0.25) is 11.8 Å². The Morgan fingerprint density at radius 1 is 1.17 bits per heavy atom. The van der Waals surface area contributed by atoms with Crippen LogP contribution in [0.2, 0.25) is 0 Å². The van der Waals surface area contributed by atoms with Crippen LogP contribution in [-0.2, 0) is 9.59 Å². The van der Waals surface area contributed by atoms with Gasteiger partial charge in [0, 0.05) is 24.3 Å². The third-order valence-electron chi connectivity index (χ3n) is 5.82. The summed E-state index contributed by atoms with van der Waals surface area (Å²) < 4.78 is 11.0. The minimum absolute atomic E-state index is 0.0500. The van der Waals surface area contributed by atoms with Crippen molar-refractivity contribution in [3.05, 3.63) is 18.2 Å². The van der Waals surface area contributed by atoms with Gasteiger partial charge in [-0.2, -0.15) is 0 Å². The quantitative estimate of drug-likeness (QED) is 0.691. The van der Waals surface area contributed by atoms with Crippen LogP contribution in [0.4, 0.5) is 10.5 Å². The van der Waals surface area contributed by atoms with Crippen LogP contribution in [0, 0.1) is 0 Å². The second-order valence-corrected chi connectivity index (χ2v) is 7.84. The van der Waals surface area contributed by atoms with Gasteiger partial charge in [-0.05, 0) is 31.9 Å². The summed E-state index contributed by atoms with van der Waals surface area (Å²) in [5.74, 6) is 0.595. The summed E-state index contributed by atoms with van der Waals surface area (Å²) in [5.41, 5.74) is 0.556. The second kappa shape index (κ2) is 8.81. The topological polar surface area (TPSA) is 109 Å². The Morgan fingerprint density at radius 3 is 2.73 bits per heavy atom. The smallest absolute Gasteiger partial charge is 0.318 e. The Bertz CT molecular complexity index is 830. The average molecular weight is 416 g/mol. The van der Waals surface area contributed by atoms with Crippen molar-refractivity contribution in [2.45, 2.75) is 57.2 Å². The van der Waals surface area contributed by atoms with Crippen molar-refractivity contribution in [3.63, 3.8) is 0 Å². The van der Waals surface area contributed by atoms with E-state index in [1.807, 2.05) is 6.92 Å². The summed E-state index contributed by atoms with van der Waals surface area (Å²) in [5, 5.41) is 8.64. The molecule has 1 saturated heterocycles. The number of nitrogens with zero attached hydrogens (tertiary/aromatic N) is 1. The lowest BCUT2D eigenvalue weighted by Crippen LogP contribution is -2.69. The molecule has 1 aliphatic carbocycles. The first-order valence-electron chi connectivity index (χ1n) is 10.6. The van der Waals surface area contributed by atoms with Gasteiger partial charge in [-0.15, -0.1) is 0 Å². The number of amides is 4. The average Bonchev–Trinajstić information content (AvgIpc) is 2.74. The summed E-state index contributed by atoms with van der Waals surface area (Å²) in [6.45, 7) is 3.25. The van der Waals surface area contributed by atoms with E-state index in [9.17, 15) is 14.4 Å². The van der Waals surface area contributed by atoms with Crippen molar-refractivity contribution in [2.75, 3.05) is 25.1 Å². The van der Waals surface area contributed by atoms with Crippen LogP contribution in [0.25, 0.3) is 0 Å². The number of rotatable bonds is 4. The molecule has 2 fully saturated rings. The number of carbonyl (C=O) groups is 3. The number of benzene rings is 1. The monoisotopic (exact) mass is 416 g/mol. The number of urea groups is 1. The molecule has 0 bridgehead atoms. The van der Waals surface area contributed by atoms with Crippen molar-refractivity contribution in [2.24, 2.45) is 0 Å². The van der Waals surface area contributed by atoms with Crippen molar-refractivity contribution < 1.29 is 23.9 Å². The maximum absolute atomic E-state index is 12.8. The lowest BCUT2D eigenvalue weighted by Gasteiger charge is -2.47. The molecule has 4 rings (SSSR count). The maximum atomic E-state index is 12.8. The highest BCUT2D eigenvalue weighted by Gasteiger charge is 2.45. The molecule has 4 amide bonds. The van der Waals surface area contributed by atoms with Gasteiger partial charge in [0.15, 0.2) is 11.5 Å². The normalized spacial score (nSPS) is 25.0. The summed E-state index contributed by atoms with van der Waals surface area (Å²) in [6.07, 6.45) is 3.59. The molecule has 2 aliphatic heterocycles. The lowest BCUT2D eigenvalue weighted by atomic mass is 9.85. The predicted molar refractivity (Wildman–Crippen MR) is 110 cm³/mol. The Kier molecular flexibility index (Phi) is 5.96. The minimum atomic E-state index is -0.840. The number of fused-ring (bicyclic) bond motifs is 2. The van der Waals surface area contributed by atoms with E-state index in [0.717, 1.165) is 25.7 Å². The van der Waals surface area contributed by atoms with E-state index in [2.05, 4.69) is 16.0 Å². The molecular weight excluding hydrogens is 388 g/mol. The lowest BCUT2D eigenvalue weighted by molar-refractivity contribution is -0.135. The molecule has 9 heteroatoms. The van der Waals surface area contributed by atoms with Crippen molar-refractivity contribution in [3.8, 4) is 11.5 Å². The predicted octanol–water partition coefficient (Wildman–Crippen LogP) is 1.63. The molecule has 0 spiro atoms. The zero-order chi connectivity index (χ0) is 21.1. The van der Waals surface area contributed by atoms with Crippen LogP contribution in [0.5, 0.6) is 11.5 Å². The number of hydrogen-bond acceptors (Lipinski definition) is 5. The van der Waals surface area contributed by atoms with Crippen LogP contribution in [0.1, 0.15) is 39.0 Å². The van der Waals surface area contributed by atoms with Gasteiger partial charge in [0.1, 0.15) is 19.3 Å². The first kappa shape index (κ1) is 20.3. The molecule has 162 valence electrons. The summed E-state index contributed by atoms with van der Waals surface area (Å²) in [7, 11) is 0. The molecule has 3 aliphatic rings. The largest absolute Gasteiger partial charge is 0.486 e. The number of hydrogen-bond donors (Lipinski definition) is 3. The Hall–Kier alpha value is -2.97. The number of piperazine rings is 1. The Morgan fingerprint density at radius 2 is 1.93 bits per heavy atom. The van der Waals surface area contributed by atoms with E-state index in [-0.39, 0.29) is 36.3 Å². The van der Waals surface area contributed by atoms with Gasteiger partial charge < -0.3 is 30.3 Å². The molecule has 2 heterocycles. The molecule has 9 nitrogen and oxygen atoms in total. The Balaban J connectivity index is 1.48. The molecule has 1 saturated carbocycles. The second-order valence-electron chi connectivity index (χ2n) is 7.84. The van der Waals surface area contributed by atoms with Gasteiger partial charge in [-0.25, -0.2) is 4.79 Å². The first-order valence-corrected chi connectivity index (χ1v) is 10.6. The fourth-order valence-corrected chi connectivity index (χ4v) is 4.48. The minimum Gasteiger partial charge on any atom is -0.486 e. The SMILES string of the molecule is CCNC(=O)N1[C@@H]2CCCC[C@@H]2NC(=O)[C@@H]1CC(=O)Nc1ccc2c(c1)OCCO2. The van der Waals surface area contributed by atoms with E-state index in [1.165, 1.54) is 0 Å².